The Morgan fingerprint density at radius 2 is 2.00 bits per heavy atom. The van der Waals surface area contributed by atoms with Gasteiger partial charge in [0.25, 0.3) is 0 Å². The molecule has 0 fully saturated rings. The molecule has 0 radical (unpaired) electrons. The number of halogens is 2. The van der Waals surface area contributed by atoms with Gasteiger partial charge in [0.2, 0.25) is 0 Å². The average Bonchev–Trinajstić information content (AvgIpc) is 2.62. The van der Waals surface area contributed by atoms with E-state index in [1.54, 1.807) is 6.20 Å². The van der Waals surface area contributed by atoms with Gasteiger partial charge in [0.1, 0.15) is 0 Å². The first kappa shape index (κ1) is 17.7. The Morgan fingerprint density at radius 1 is 1.12 bits per heavy atom. The monoisotopic (exact) mass is 432 g/mol. The van der Waals surface area contributed by atoms with Crippen LogP contribution in [0.1, 0.15) is 11.3 Å². The van der Waals surface area contributed by atoms with Crippen LogP contribution in [0.2, 0.25) is 10.2 Å². The molecule has 0 bridgehead atoms. The summed E-state index contributed by atoms with van der Waals surface area (Å²) in [5.41, 5.74) is 1.15. The van der Waals surface area contributed by atoms with E-state index in [-0.39, 0.29) is 5.15 Å². The number of nitriles is 1. The summed E-state index contributed by atoms with van der Waals surface area (Å²) in [6.07, 6.45) is 3.09. The zero-order valence-electron chi connectivity index (χ0n) is 12.8. The molecule has 1 unspecified atom stereocenters. The van der Waals surface area contributed by atoms with Gasteiger partial charge in [-0.3, -0.25) is 0 Å². The number of benzene rings is 1. The molecule has 8 heteroatoms. The number of hydrogen-bond donors (Lipinski definition) is 0. The number of hydrogen-bond acceptors (Lipinski definition) is 5. The first-order valence-corrected chi connectivity index (χ1v) is 10.0. The van der Waals surface area contributed by atoms with Crippen molar-refractivity contribution in [3.8, 4) is 11.8 Å². The summed E-state index contributed by atoms with van der Waals surface area (Å²) in [4.78, 5) is 12.2. The molecule has 3 aromatic rings. The Morgan fingerprint density at radius 3 is 2.72 bits per heavy atom. The Hall–Kier alpha value is -2.12. The third kappa shape index (κ3) is 4.49. The van der Waals surface area contributed by atoms with E-state index in [2.05, 4.69) is 21.0 Å². The van der Waals surface area contributed by atoms with Crippen LogP contribution in [0.3, 0.4) is 0 Å². The summed E-state index contributed by atoms with van der Waals surface area (Å²) in [5, 5.41) is 9.90. The zero-order chi connectivity index (χ0) is 17.6. The van der Waals surface area contributed by atoms with E-state index in [9.17, 15) is 5.26 Å². The average molecular weight is 433 g/mol. The Kier molecular flexibility index (Phi) is 5.88. The second kappa shape index (κ2) is 8.31. The van der Waals surface area contributed by atoms with Gasteiger partial charge < -0.3 is 0 Å². The van der Waals surface area contributed by atoms with Crippen LogP contribution in [0.4, 0.5) is 0 Å². The molecule has 25 heavy (non-hydrogen) atoms. The van der Waals surface area contributed by atoms with E-state index >= 15 is 0 Å². The number of ether oxygens (including phenoxy) is 1. The fraction of sp³-hybridized carbons (Fsp3) is 0.0588. The molecule has 0 N–H and O–H groups in total. The van der Waals surface area contributed by atoms with Crippen molar-refractivity contribution in [1.29, 1.82) is 5.26 Å². The van der Waals surface area contributed by atoms with Crippen LogP contribution in [0.25, 0.3) is 0 Å². The van der Waals surface area contributed by atoms with E-state index < -0.39 is 15.8 Å². The number of nitrogens with zero attached hydrogens (tertiary/aromatic N) is 4. The van der Waals surface area contributed by atoms with Gasteiger partial charge >= 0.3 is 162 Å². The molecule has 2 aromatic heterocycles. The topological polar surface area (TPSA) is 71.7 Å². The molecule has 124 valence electrons. The molecule has 0 aliphatic carbocycles. The van der Waals surface area contributed by atoms with Crippen molar-refractivity contribution >= 4 is 47.8 Å². The van der Waals surface area contributed by atoms with Crippen molar-refractivity contribution in [2.24, 2.45) is 0 Å². The van der Waals surface area contributed by atoms with Crippen LogP contribution in [-0.4, -0.2) is 30.7 Å². The number of pyridine rings is 1. The molecule has 0 aliphatic heterocycles. The SMILES string of the molecule is N#Cc1c(Cl)ncnc1[AsH]c1ccc(OCc2ccccn2)c(Cl)c1. The maximum atomic E-state index is 9.21. The van der Waals surface area contributed by atoms with Crippen molar-refractivity contribution in [3.63, 3.8) is 0 Å². The zero-order valence-corrected chi connectivity index (χ0v) is 16.4. The molecule has 5 nitrogen and oxygen atoms in total. The summed E-state index contributed by atoms with van der Waals surface area (Å²) in [5.74, 6) is 0.587. The molecule has 1 aromatic carbocycles. The Bertz CT molecular complexity index is 932. The van der Waals surface area contributed by atoms with E-state index in [0.717, 1.165) is 10.0 Å². The van der Waals surface area contributed by atoms with E-state index in [1.807, 2.05) is 36.4 Å². The summed E-state index contributed by atoms with van der Waals surface area (Å²) >= 11 is 11.4. The van der Waals surface area contributed by atoms with Gasteiger partial charge in [0.15, 0.2) is 0 Å². The van der Waals surface area contributed by atoms with Gasteiger partial charge in [-0.05, 0) is 0 Å². The van der Waals surface area contributed by atoms with Gasteiger partial charge in [0.05, 0.1) is 0 Å². The standard InChI is InChI=1S/C17H11AsCl2N4O/c19-14-7-11(18-16-13(8-21)17(20)24-10-23-16)4-5-15(14)25-9-12-3-1-2-6-22-12/h1-7,10,18H,9H2. The third-order valence-electron chi connectivity index (χ3n) is 3.21. The van der Waals surface area contributed by atoms with Gasteiger partial charge in [-0.25, -0.2) is 0 Å². The Labute approximate surface area is 161 Å². The predicted octanol–water partition coefficient (Wildman–Crippen LogP) is 2.02. The summed E-state index contributed by atoms with van der Waals surface area (Å²) in [7, 11) is 0. The van der Waals surface area contributed by atoms with Crippen LogP contribution in [0, 0.1) is 11.3 Å². The van der Waals surface area contributed by atoms with E-state index in [0.29, 0.717) is 27.4 Å². The first-order valence-electron chi connectivity index (χ1n) is 7.17. The van der Waals surface area contributed by atoms with Crippen LogP contribution in [0.5, 0.6) is 5.75 Å². The third-order valence-corrected chi connectivity index (χ3v) is 6.34. The number of aromatic nitrogens is 3. The number of rotatable bonds is 5. The van der Waals surface area contributed by atoms with Crippen LogP contribution in [-0.2, 0) is 6.61 Å². The second-order valence-electron chi connectivity index (χ2n) is 4.88. The van der Waals surface area contributed by atoms with Crippen molar-refractivity contribution < 1.29 is 4.74 Å². The van der Waals surface area contributed by atoms with E-state index in [4.69, 9.17) is 27.9 Å². The van der Waals surface area contributed by atoms with Crippen molar-refractivity contribution in [1.82, 2.24) is 15.0 Å². The molecular weight excluding hydrogens is 422 g/mol. The Balaban J connectivity index is 1.74. The minimum absolute atomic E-state index is 0.178. The first-order chi connectivity index (χ1) is 12.2. The predicted molar refractivity (Wildman–Crippen MR) is 98.2 cm³/mol. The summed E-state index contributed by atoms with van der Waals surface area (Å²) in [6, 6.07) is 13.3. The van der Waals surface area contributed by atoms with Crippen molar-refractivity contribution in [2.75, 3.05) is 0 Å². The molecule has 0 amide bonds. The maximum absolute atomic E-state index is 9.21. The molecule has 0 spiro atoms. The normalized spacial score (nSPS) is 10.8. The fourth-order valence-corrected chi connectivity index (χ4v) is 5.06. The van der Waals surface area contributed by atoms with Crippen LogP contribution >= 0.6 is 23.2 Å². The van der Waals surface area contributed by atoms with Crippen molar-refractivity contribution in [2.45, 2.75) is 6.61 Å². The second-order valence-corrected chi connectivity index (χ2v) is 8.37. The molecule has 2 heterocycles. The van der Waals surface area contributed by atoms with Gasteiger partial charge in [-0.15, -0.1) is 0 Å². The molecule has 1 atom stereocenters. The van der Waals surface area contributed by atoms with Crippen LogP contribution in [0.15, 0.2) is 48.9 Å². The summed E-state index contributed by atoms with van der Waals surface area (Å²) < 4.78 is 7.41. The molecule has 0 saturated heterocycles. The fourth-order valence-electron chi connectivity index (χ4n) is 2.03. The minimum atomic E-state index is -0.865. The summed E-state index contributed by atoms with van der Waals surface area (Å²) in [6.45, 7) is 0.344. The molecule has 3 rings (SSSR count). The molecule has 0 aliphatic rings. The van der Waals surface area contributed by atoms with Gasteiger partial charge in [-0.1, -0.05) is 0 Å². The molecule has 0 saturated carbocycles. The van der Waals surface area contributed by atoms with Crippen LogP contribution < -0.4 is 13.6 Å². The molecular formula is C17H11AsCl2N4O. The quantitative estimate of drug-likeness (QED) is 0.455. The van der Waals surface area contributed by atoms with E-state index in [1.165, 1.54) is 6.33 Å². The van der Waals surface area contributed by atoms with Gasteiger partial charge in [0, 0.05) is 0 Å². The van der Waals surface area contributed by atoms with Gasteiger partial charge in [-0.2, -0.15) is 0 Å². The van der Waals surface area contributed by atoms with Crippen molar-refractivity contribution in [3.05, 3.63) is 70.4 Å².